The van der Waals surface area contributed by atoms with Crippen molar-refractivity contribution < 1.29 is 0 Å². The molecular formula is C22H41N. The van der Waals surface area contributed by atoms with E-state index in [9.17, 15) is 0 Å². The Morgan fingerprint density at radius 2 is 1.96 bits per heavy atom. The predicted octanol–water partition coefficient (Wildman–Crippen LogP) is 6.46. The Hall–Kier alpha value is -0.560. The van der Waals surface area contributed by atoms with E-state index in [0.29, 0.717) is 5.92 Å². The van der Waals surface area contributed by atoms with E-state index in [-0.39, 0.29) is 0 Å². The highest BCUT2D eigenvalue weighted by molar-refractivity contribution is 5.15. The van der Waals surface area contributed by atoms with Gasteiger partial charge in [-0.15, -0.1) is 0 Å². The summed E-state index contributed by atoms with van der Waals surface area (Å²) < 4.78 is 0. The quantitative estimate of drug-likeness (QED) is 0.417. The highest BCUT2D eigenvalue weighted by Crippen LogP contribution is 2.32. The SMILES string of the molecule is C/C=C\[C@@H](C)C(CCCC1=C(C)CCC(C)C1)CN(CC)CC. The zero-order chi connectivity index (χ0) is 17.2. The van der Waals surface area contributed by atoms with Gasteiger partial charge in [0.25, 0.3) is 0 Å². The zero-order valence-electron chi connectivity index (χ0n) is 16.7. The maximum absolute atomic E-state index is 2.60. The van der Waals surface area contributed by atoms with Gasteiger partial charge in [0.2, 0.25) is 0 Å². The third-order valence-electron chi connectivity index (χ3n) is 5.89. The van der Waals surface area contributed by atoms with Crippen molar-refractivity contribution in [3.05, 3.63) is 23.3 Å². The molecule has 0 aromatic carbocycles. The van der Waals surface area contributed by atoms with E-state index in [1.165, 1.54) is 58.2 Å². The van der Waals surface area contributed by atoms with Gasteiger partial charge in [-0.2, -0.15) is 0 Å². The van der Waals surface area contributed by atoms with Crippen LogP contribution in [0, 0.1) is 17.8 Å². The van der Waals surface area contributed by atoms with Crippen molar-refractivity contribution in [1.82, 2.24) is 4.90 Å². The van der Waals surface area contributed by atoms with Crippen molar-refractivity contribution >= 4 is 0 Å². The van der Waals surface area contributed by atoms with Gasteiger partial charge in [-0.05, 0) is 83.2 Å². The fourth-order valence-electron chi connectivity index (χ4n) is 4.02. The molecule has 0 aliphatic heterocycles. The van der Waals surface area contributed by atoms with Crippen molar-refractivity contribution in [2.75, 3.05) is 19.6 Å². The van der Waals surface area contributed by atoms with Crippen molar-refractivity contribution in [2.24, 2.45) is 17.8 Å². The Kier molecular flexibility index (Phi) is 9.86. The van der Waals surface area contributed by atoms with Crippen molar-refractivity contribution in [3.8, 4) is 0 Å². The first-order valence-electron chi connectivity index (χ1n) is 10.0. The van der Waals surface area contributed by atoms with Gasteiger partial charge in [-0.3, -0.25) is 0 Å². The molecule has 1 heteroatoms. The molecule has 3 atom stereocenters. The van der Waals surface area contributed by atoms with Gasteiger partial charge in [0, 0.05) is 6.54 Å². The predicted molar refractivity (Wildman–Crippen MR) is 105 cm³/mol. The number of hydrogen-bond acceptors (Lipinski definition) is 1. The highest BCUT2D eigenvalue weighted by atomic mass is 15.1. The molecule has 1 aliphatic carbocycles. The summed E-state index contributed by atoms with van der Waals surface area (Å²) >= 11 is 0. The molecule has 0 N–H and O–H groups in total. The number of nitrogens with zero attached hydrogens (tertiary/aromatic N) is 1. The lowest BCUT2D eigenvalue weighted by molar-refractivity contribution is 0.216. The monoisotopic (exact) mass is 319 g/mol. The second-order valence-electron chi connectivity index (χ2n) is 7.75. The molecular weight excluding hydrogens is 278 g/mol. The van der Waals surface area contributed by atoms with E-state index in [1.54, 1.807) is 11.1 Å². The molecule has 0 aromatic rings. The van der Waals surface area contributed by atoms with Crippen LogP contribution in [-0.2, 0) is 0 Å². The largest absolute Gasteiger partial charge is 0.304 e. The van der Waals surface area contributed by atoms with Crippen LogP contribution in [0.2, 0.25) is 0 Å². The topological polar surface area (TPSA) is 3.24 Å². The van der Waals surface area contributed by atoms with Crippen LogP contribution >= 0.6 is 0 Å². The van der Waals surface area contributed by atoms with Crippen molar-refractivity contribution in [2.45, 2.75) is 80.1 Å². The molecule has 134 valence electrons. The van der Waals surface area contributed by atoms with Crippen LogP contribution in [0.5, 0.6) is 0 Å². The molecule has 0 aromatic heterocycles. The Morgan fingerprint density at radius 3 is 2.57 bits per heavy atom. The minimum atomic E-state index is 0.695. The highest BCUT2D eigenvalue weighted by Gasteiger charge is 2.19. The normalized spacial score (nSPS) is 22.1. The summed E-state index contributed by atoms with van der Waals surface area (Å²) in [5, 5.41) is 0. The minimum absolute atomic E-state index is 0.695. The Labute approximate surface area is 146 Å². The van der Waals surface area contributed by atoms with Crippen molar-refractivity contribution in [1.29, 1.82) is 0 Å². The summed E-state index contributed by atoms with van der Waals surface area (Å²) in [5.41, 5.74) is 3.48. The van der Waals surface area contributed by atoms with Crippen molar-refractivity contribution in [3.63, 3.8) is 0 Å². The smallest absolute Gasteiger partial charge is 0.00150 e. The van der Waals surface area contributed by atoms with Gasteiger partial charge in [-0.1, -0.05) is 51.0 Å². The molecule has 0 fully saturated rings. The number of allylic oxidation sites excluding steroid dienone is 4. The summed E-state index contributed by atoms with van der Waals surface area (Å²) in [6.45, 7) is 17.5. The summed E-state index contributed by atoms with van der Waals surface area (Å²) in [7, 11) is 0. The molecule has 0 heterocycles. The summed E-state index contributed by atoms with van der Waals surface area (Å²) in [6.07, 6.45) is 12.8. The van der Waals surface area contributed by atoms with Gasteiger partial charge in [-0.25, -0.2) is 0 Å². The summed E-state index contributed by atoms with van der Waals surface area (Å²) in [5.74, 6) is 2.40. The lowest BCUT2D eigenvalue weighted by atomic mass is 9.82. The molecule has 1 aliphatic rings. The molecule has 1 rings (SSSR count). The lowest BCUT2D eigenvalue weighted by Crippen LogP contribution is -2.31. The summed E-state index contributed by atoms with van der Waals surface area (Å²) in [4.78, 5) is 2.60. The van der Waals surface area contributed by atoms with Gasteiger partial charge >= 0.3 is 0 Å². The first-order chi connectivity index (χ1) is 11.0. The van der Waals surface area contributed by atoms with Gasteiger partial charge < -0.3 is 4.90 Å². The van der Waals surface area contributed by atoms with Crippen LogP contribution in [0.1, 0.15) is 80.1 Å². The van der Waals surface area contributed by atoms with E-state index < -0.39 is 0 Å². The standard InChI is InChI=1S/C22H41N/c1-7-11-19(5)22(17-23(8-2)9-3)13-10-12-21-16-18(4)14-15-20(21)6/h7,11,18-19,22H,8-10,12-17H2,1-6H3/b11-7-/t18?,19-,22?/m1/s1. The molecule has 0 bridgehead atoms. The second-order valence-corrected chi connectivity index (χ2v) is 7.75. The number of rotatable bonds is 10. The van der Waals surface area contributed by atoms with E-state index in [4.69, 9.17) is 0 Å². The van der Waals surface area contributed by atoms with Gasteiger partial charge in [0.1, 0.15) is 0 Å². The maximum atomic E-state index is 2.60. The molecule has 0 saturated heterocycles. The van der Waals surface area contributed by atoms with Gasteiger partial charge in [0.15, 0.2) is 0 Å². The Bertz CT molecular complexity index is 375. The lowest BCUT2D eigenvalue weighted by Gasteiger charge is -2.29. The molecule has 0 radical (unpaired) electrons. The van der Waals surface area contributed by atoms with Crippen LogP contribution in [0.4, 0.5) is 0 Å². The maximum Gasteiger partial charge on any atom is 0.00150 e. The molecule has 23 heavy (non-hydrogen) atoms. The van der Waals surface area contributed by atoms with Crippen LogP contribution in [0.25, 0.3) is 0 Å². The first-order valence-corrected chi connectivity index (χ1v) is 10.0. The fourth-order valence-corrected chi connectivity index (χ4v) is 4.02. The third kappa shape index (κ3) is 7.25. The van der Waals surface area contributed by atoms with E-state index >= 15 is 0 Å². The van der Waals surface area contributed by atoms with E-state index in [0.717, 1.165) is 11.8 Å². The Morgan fingerprint density at radius 1 is 1.26 bits per heavy atom. The Balaban J connectivity index is 2.56. The molecule has 0 spiro atoms. The molecule has 1 nitrogen and oxygen atoms in total. The van der Waals surface area contributed by atoms with Gasteiger partial charge in [0.05, 0.1) is 0 Å². The van der Waals surface area contributed by atoms with E-state index in [1.807, 2.05) is 0 Å². The van der Waals surface area contributed by atoms with Crippen LogP contribution in [-0.4, -0.2) is 24.5 Å². The molecule has 0 saturated carbocycles. The third-order valence-corrected chi connectivity index (χ3v) is 5.89. The van der Waals surface area contributed by atoms with E-state index in [2.05, 4.69) is 58.6 Å². The minimum Gasteiger partial charge on any atom is -0.304 e. The van der Waals surface area contributed by atoms with Crippen LogP contribution < -0.4 is 0 Å². The molecule has 0 amide bonds. The summed E-state index contributed by atoms with van der Waals surface area (Å²) in [6, 6.07) is 0. The first kappa shape index (κ1) is 20.5. The average molecular weight is 320 g/mol. The second kappa shape index (κ2) is 11.1. The fraction of sp³-hybridized carbons (Fsp3) is 0.818. The average Bonchev–Trinajstić information content (AvgIpc) is 2.54. The zero-order valence-corrected chi connectivity index (χ0v) is 16.7. The van der Waals surface area contributed by atoms with Crippen LogP contribution in [0.3, 0.4) is 0 Å². The number of hydrogen-bond donors (Lipinski definition) is 0. The van der Waals surface area contributed by atoms with Crippen LogP contribution in [0.15, 0.2) is 23.3 Å². The molecule has 2 unspecified atom stereocenters.